The van der Waals surface area contributed by atoms with Gasteiger partial charge < -0.3 is 10.2 Å². The minimum absolute atomic E-state index is 0.0129. The smallest absolute Gasteiger partial charge is 0.228 e. The number of rotatable bonds is 5. The molecule has 168 valence electrons. The minimum Gasteiger partial charge on any atom is -0.342 e. The summed E-state index contributed by atoms with van der Waals surface area (Å²) in [6.07, 6.45) is 3.44. The van der Waals surface area contributed by atoms with Gasteiger partial charge in [0.1, 0.15) is 5.82 Å². The Kier molecular flexibility index (Phi) is 5.95. The summed E-state index contributed by atoms with van der Waals surface area (Å²) in [7, 11) is 0. The van der Waals surface area contributed by atoms with E-state index in [-0.39, 0.29) is 23.7 Å². The molecule has 3 aromatic rings. The molecule has 1 saturated heterocycles. The van der Waals surface area contributed by atoms with E-state index >= 15 is 0 Å². The summed E-state index contributed by atoms with van der Waals surface area (Å²) >= 11 is 0. The van der Waals surface area contributed by atoms with E-state index in [1.807, 2.05) is 41.3 Å². The first kappa shape index (κ1) is 21.4. The first-order valence-corrected chi connectivity index (χ1v) is 11.8. The molecular weight excluding hydrogens is 410 g/mol. The highest BCUT2D eigenvalue weighted by molar-refractivity contribution is 5.93. The van der Waals surface area contributed by atoms with E-state index in [1.54, 1.807) is 0 Å². The van der Waals surface area contributed by atoms with Crippen LogP contribution in [0.3, 0.4) is 0 Å². The molecule has 0 unspecified atom stereocenters. The molecule has 2 fully saturated rings. The lowest BCUT2D eigenvalue weighted by atomic mass is 9.95. The van der Waals surface area contributed by atoms with Gasteiger partial charge in [0.15, 0.2) is 0 Å². The Bertz CT molecular complexity index is 1150. The number of pyridine rings is 1. The van der Waals surface area contributed by atoms with Gasteiger partial charge in [0, 0.05) is 30.5 Å². The second-order valence-corrected chi connectivity index (χ2v) is 9.22. The number of carbonyl (C=O) groups is 2. The van der Waals surface area contributed by atoms with Crippen molar-refractivity contribution in [2.45, 2.75) is 32.6 Å². The van der Waals surface area contributed by atoms with Crippen LogP contribution in [0.15, 0.2) is 66.7 Å². The Hall–Kier alpha value is -3.47. The van der Waals surface area contributed by atoms with Crippen molar-refractivity contribution in [2.75, 3.05) is 18.4 Å². The molecule has 33 heavy (non-hydrogen) atoms. The molecule has 0 bridgehead atoms. The van der Waals surface area contributed by atoms with E-state index in [1.165, 1.54) is 5.56 Å². The quantitative estimate of drug-likeness (QED) is 0.586. The van der Waals surface area contributed by atoms with E-state index < -0.39 is 0 Å². The molecule has 2 heterocycles. The number of aryl methyl sites for hydroxylation is 1. The molecule has 0 spiro atoms. The summed E-state index contributed by atoms with van der Waals surface area (Å²) in [4.78, 5) is 32.1. The Balaban J connectivity index is 1.35. The number of anilines is 1. The van der Waals surface area contributed by atoms with Crippen LogP contribution in [0.4, 0.5) is 5.82 Å². The van der Waals surface area contributed by atoms with E-state index in [0.29, 0.717) is 31.7 Å². The molecule has 1 aliphatic heterocycles. The van der Waals surface area contributed by atoms with Gasteiger partial charge in [-0.15, -0.1) is 0 Å². The zero-order valence-electron chi connectivity index (χ0n) is 19.0. The summed E-state index contributed by atoms with van der Waals surface area (Å²) in [5, 5.41) is 3.07. The molecule has 5 nitrogen and oxygen atoms in total. The second kappa shape index (κ2) is 9.18. The number of likely N-dealkylation sites (tertiary alicyclic amines) is 1. The molecule has 5 heteroatoms. The number of hydrogen-bond donors (Lipinski definition) is 1. The summed E-state index contributed by atoms with van der Waals surface area (Å²) in [6.45, 7) is 3.40. The van der Waals surface area contributed by atoms with Crippen molar-refractivity contribution in [3.8, 4) is 22.4 Å². The summed E-state index contributed by atoms with van der Waals surface area (Å²) in [5.41, 5.74) is 5.14. The van der Waals surface area contributed by atoms with Crippen molar-refractivity contribution in [1.29, 1.82) is 0 Å². The van der Waals surface area contributed by atoms with Crippen molar-refractivity contribution >= 4 is 17.6 Å². The predicted octanol–water partition coefficient (Wildman–Crippen LogP) is 5.31. The number of nitrogens with one attached hydrogen (secondary N) is 1. The maximum atomic E-state index is 13.1. The third-order valence-electron chi connectivity index (χ3n) is 6.64. The van der Waals surface area contributed by atoms with Crippen molar-refractivity contribution in [2.24, 2.45) is 11.8 Å². The number of nitrogens with zero attached hydrogens (tertiary/aromatic N) is 2. The molecule has 1 N–H and O–H groups in total. The Morgan fingerprint density at radius 3 is 2.18 bits per heavy atom. The normalized spacial score (nSPS) is 16.5. The predicted molar refractivity (Wildman–Crippen MR) is 131 cm³/mol. The monoisotopic (exact) mass is 439 g/mol. The van der Waals surface area contributed by atoms with Crippen LogP contribution in [0.2, 0.25) is 0 Å². The zero-order valence-corrected chi connectivity index (χ0v) is 19.0. The number of aromatic nitrogens is 1. The maximum absolute atomic E-state index is 13.1. The largest absolute Gasteiger partial charge is 0.342 e. The number of carbonyl (C=O) groups excluding carboxylic acids is 2. The Morgan fingerprint density at radius 2 is 1.52 bits per heavy atom. The van der Waals surface area contributed by atoms with Gasteiger partial charge in [-0.1, -0.05) is 60.2 Å². The van der Waals surface area contributed by atoms with Gasteiger partial charge in [-0.2, -0.15) is 0 Å². The molecule has 0 atom stereocenters. The highest BCUT2D eigenvalue weighted by Gasteiger charge is 2.36. The minimum atomic E-state index is -0.0988. The molecule has 1 aliphatic carbocycles. The van der Waals surface area contributed by atoms with E-state index in [2.05, 4.69) is 42.6 Å². The highest BCUT2D eigenvalue weighted by Crippen LogP contribution is 2.33. The number of benzene rings is 2. The van der Waals surface area contributed by atoms with E-state index in [0.717, 1.165) is 35.2 Å². The van der Waals surface area contributed by atoms with Crippen molar-refractivity contribution in [3.63, 3.8) is 0 Å². The van der Waals surface area contributed by atoms with Crippen LogP contribution < -0.4 is 5.32 Å². The first-order chi connectivity index (χ1) is 16.1. The number of amides is 2. The molecular formula is C28H29N3O2. The SMILES string of the molecule is Cc1ccc(-c2cc(NC(=O)C3CCN(C(=O)C4CC4)CC3)nc(-c3ccccc3)c2)cc1. The number of hydrogen-bond acceptors (Lipinski definition) is 3. The first-order valence-electron chi connectivity index (χ1n) is 11.8. The van der Waals surface area contributed by atoms with Gasteiger partial charge in [-0.05, 0) is 55.9 Å². The standard InChI is InChI=1S/C28H29N3O2/c1-19-7-9-20(10-8-19)24-17-25(21-5-3-2-4-6-21)29-26(18-24)30-27(32)22-13-15-31(16-14-22)28(33)23-11-12-23/h2-10,17-18,22-23H,11-16H2,1H3,(H,29,30,32). The van der Waals surface area contributed by atoms with Crippen molar-refractivity contribution < 1.29 is 9.59 Å². The third-order valence-corrected chi connectivity index (χ3v) is 6.64. The molecule has 2 aliphatic rings. The molecule has 2 amide bonds. The fraction of sp³-hybridized carbons (Fsp3) is 0.321. The van der Waals surface area contributed by atoms with Crippen LogP contribution >= 0.6 is 0 Å². The average Bonchev–Trinajstić information content (AvgIpc) is 3.70. The summed E-state index contributed by atoms with van der Waals surface area (Å²) in [5.74, 6) is 0.960. The molecule has 1 aromatic heterocycles. The Morgan fingerprint density at radius 1 is 0.818 bits per heavy atom. The van der Waals surface area contributed by atoms with Crippen LogP contribution in [-0.4, -0.2) is 34.8 Å². The van der Waals surface area contributed by atoms with Crippen LogP contribution in [0, 0.1) is 18.8 Å². The lowest BCUT2D eigenvalue weighted by Crippen LogP contribution is -2.42. The van der Waals surface area contributed by atoms with Crippen LogP contribution in [0.5, 0.6) is 0 Å². The van der Waals surface area contributed by atoms with Gasteiger partial charge >= 0.3 is 0 Å². The van der Waals surface area contributed by atoms with Crippen molar-refractivity contribution in [3.05, 3.63) is 72.3 Å². The lowest BCUT2D eigenvalue weighted by Gasteiger charge is -2.31. The molecule has 1 saturated carbocycles. The van der Waals surface area contributed by atoms with Crippen molar-refractivity contribution in [1.82, 2.24) is 9.88 Å². The van der Waals surface area contributed by atoms with Gasteiger partial charge in [-0.3, -0.25) is 9.59 Å². The fourth-order valence-electron chi connectivity index (χ4n) is 4.44. The van der Waals surface area contributed by atoms with Crippen LogP contribution in [0.1, 0.15) is 31.2 Å². The van der Waals surface area contributed by atoms with E-state index in [4.69, 9.17) is 4.98 Å². The molecule has 0 radical (unpaired) electrons. The van der Waals surface area contributed by atoms with Gasteiger partial charge in [-0.25, -0.2) is 4.98 Å². The average molecular weight is 440 g/mol. The van der Waals surface area contributed by atoms with Crippen LogP contribution in [-0.2, 0) is 9.59 Å². The summed E-state index contributed by atoms with van der Waals surface area (Å²) < 4.78 is 0. The fourth-order valence-corrected chi connectivity index (χ4v) is 4.44. The van der Waals surface area contributed by atoms with Gasteiger partial charge in [0.05, 0.1) is 5.69 Å². The van der Waals surface area contributed by atoms with Gasteiger partial charge in [0.2, 0.25) is 11.8 Å². The lowest BCUT2D eigenvalue weighted by molar-refractivity contribution is -0.135. The Labute approximate surface area is 194 Å². The summed E-state index contributed by atoms with van der Waals surface area (Å²) in [6, 6.07) is 22.4. The van der Waals surface area contributed by atoms with E-state index in [9.17, 15) is 9.59 Å². The molecule has 5 rings (SSSR count). The third kappa shape index (κ3) is 4.98. The zero-order chi connectivity index (χ0) is 22.8. The number of piperidine rings is 1. The second-order valence-electron chi connectivity index (χ2n) is 9.22. The van der Waals surface area contributed by atoms with Crippen LogP contribution in [0.25, 0.3) is 22.4 Å². The molecule has 2 aromatic carbocycles. The maximum Gasteiger partial charge on any atom is 0.228 e. The topological polar surface area (TPSA) is 62.3 Å². The van der Waals surface area contributed by atoms with Gasteiger partial charge in [0.25, 0.3) is 0 Å². The highest BCUT2D eigenvalue weighted by atomic mass is 16.2.